The highest BCUT2D eigenvalue weighted by atomic mass is 32.1. The summed E-state index contributed by atoms with van der Waals surface area (Å²) in [5.74, 6) is 0. The number of thiophene rings is 2. The minimum atomic E-state index is 0.381. The molecule has 0 aromatic carbocycles. The first-order valence-corrected chi connectivity index (χ1v) is 12.5. The van der Waals surface area contributed by atoms with Gasteiger partial charge in [-0.15, -0.1) is 22.7 Å². The topological polar surface area (TPSA) is 92.0 Å². The quantitative estimate of drug-likeness (QED) is 0.241. The summed E-state index contributed by atoms with van der Waals surface area (Å²) in [5, 5.41) is 23.2. The fraction of sp³-hybridized carbons (Fsp3) is 0. The van der Waals surface area contributed by atoms with E-state index in [4.69, 9.17) is 24.4 Å². The first kappa shape index (κ1) is 22.1. The molecule has 0 saturated heterocycles. The van der Waals surface area contributed by atoms with Gasteiger partial charge in [-0.25, -0.2) is 0 Å². The van der Waals surface area contributed by atoms with E-state index in [-0.39, 0.29) is 0 Å². The maximum Gasteiger partial charge on any atom is 0.122 e. The Morgan fingerprint density at radius 3 is 1.59 bits per heavy atom. The van der Waals surface area contributed by atoms with Gasteiger partial charge in [0.2, 0.25) is 0 Å². The van der Waals surface area contributed by atoms with E-state index < -0.39 is 0 Å². The van der Waals surface area contributed by atoms with Crippen LogP contribution in [0, 0.1) is 31.9 Å². The third-order valence-electron chi connectivity index (χ3n) is 5.22. The molecule has 34 heavy (non-hydrogen) atoms. The molecule has 0 aliphatic rings. The zero-order chi connectivity index (χ0) is 23.7. The highest BCUT2D eigenvalue weighted by Crippen LogP contribution is 2.34. The lowest BCUT2D eigenvalue weighted by atomic mass is 10.0. The van der Waals surface area contributed by atoms with Crippen molar-refractivity contribution in [3.05, 3.63) is 86.0 Å². The Morgan fingerprint density at radius 2 is 1.21 bits per heavy atom. The predicted molar refractivity (Wildman–Crippen MR) is 142 cm³/mol. The van der Waals surface area contributed by atoms with Gasteiger partial charge >= 0.3 is 0 Å². The van der Waals surface area contributed by atoms with Gasteiger partial charge in [0.15, 0.2) is 0 Å². The van der Waals surface area contributed by atoms with Crippen LogP contribution in [0.2, 0.25) is 0 Å². The number of nitriles is 2. The van der Waals surface area contributed by atoms with Gasteiger partial charge < -0.3 is 9.97 Å². The van der Waals surface area contributed by atoms with E-state index >= 15 is 0 Å². The van der Waals surface area contributed by atoms with Crippen LogP contribution in [0.1, 0.15) is 11.1 Å². The van der Waals surface area contributed by atoms with Crippen LogP contribution in [0.5, 0.6) is 0 Å². The molecule has 0 spiro atoms. The first-order chi connectivity index (χ1) is 16.6. The summed E-state index contributed by atoms with van der Waals surface area (Å²) in [6.45, 7) is 0. The fourth-order valence-corrected chi connectivity index (χ4v) is 5.67. The summed E-state index contributed by atoms with van der Waals surface area (Å²) in [7, 11) is 0. The number of pyridine rings is 3. The fourth-order valence-electron chi connectivity index (χ4n) is 3.64. The highest BCUT2D eigenvalue weighted by Gasteiger charge is 2.14. The van der Waals surface area contributed by atoms with E-state index in [1.807, 2.05) is 53.2 Å². The van der Waals surface area contributed by atoms with Gasteiger partial charge in [-0.3, -0.25) is 4.98 Å². The maximum absolute atomic E-state index is 9.64. The second kappa shape index (κ2) is 9.26. The van der Waals surface area contributed by atoms with E-state index in [0.717, 1.165) is 43.4 Å². The summed E-state index contributed by atoms with van der Waals surface area (Å²) in [6, 6.07) is 18.1. The molecule has 0 unspecified atom stereocenters. The number of nitrogens with one attached hydrogen (secondary N) is 2. The Kier molecular flexibility index (Phi) is 6.01. The molecule has 0 atom stereocenters. The number of aromatic amines is 2. The Labute approximate surface area is 213 Å². The van der Waals surface area contributed by atoms with Gasteiger partial charge in [0.1, 0.15) is 21.4 Å². The van der Waals surface area contributed by atoms with Crippen LogP contribution in [-0.4, -0.2) is 15.0 Å². The lowest BCUT2D eigenvalue weighted by Gasteiger charge is -2.10. The van der Waals surface area contributed by atoms with Gasteiger partial charge in [0.05, 0.1) is 11.1 Å². The minimum Gasteiger partial charge on any atom is -0.345 e. The summed E-state index contributed by atoms with van der Waals surface area (Å²) >= 11 is 14.1. The molecule has 5 rings (SSSR count). The van der Waals surface area contributed by atoms with E-state index in [9.17, 15) is 10.5 Å². The molecule has 5 aromatic rings. The Bertz CT molecular complexity index is 1590. The molecule has 2 N–H and O–H groups in total. The van der Waals surface area contributed by atoms with E-state index in [1.54, 1.807) is 35.1 Å². The Morgan fingerprint density at radius 1 is 0.735 bits per heavy atom. The average Bonchev–Trinajstić information content (AvgIpc) is 3.58. The Balaban J connectivity index is 1.66. The molecule has 0 aliphatic carbocycles. The molecular formula is C25H13N5S4. The number of nitrogens with zero attached hydrogens (tertiary/aromatic N) is 3. The van der Waals surface area contributed by atoms with E-state index in [1.165, 1.54) is 0 Å². The predicted octanol–water partition coefficient (Wildman–Crippen LogP) is 7.73. The standard InChI is InChI=1S/C25H13N5S4/c26-10-18-16(22-3-1-5-33-22)8-20(29-24(18)31)14-7-15(13-28-12-14)21-9-17(23-4-2-6-34-23)19(11-27)25(32)30-21/h1-9,12-13H,(H,29,31)(H,30,32). The zero-order valence-electron chi connectivity index (χ0n) is 17.3. The van der Waals surface area contributed by atoms with Crippen molar-refractivity contribution in [1.29, 1.82) is 10.5 Å². The van der Waals surface area contributed by atoms with Crippen LogP contribution in [0.4, 0.5) is 0 Å². The minimum absolute atomic E-state index is 0.381. The van der Waals surface area contributed by atoms with Crippen molar-refractivity contribution >= 4 is 47.1 Å². The normalized spacial score (nSPS) is 10.5. The number of rotatable bonds is 4. The number of hydrogen-bond donors (Lipinski definition) is 2. The van der Waals surface area contributed by atoms with Crippen LogP contribution in [0.3, 0.4) is 0 Å². The molecule has 0 bridgehead atoms. The van der Waals surface area contributed by atoms with Crippen LogP contribution < -0.4 is 0 Å². The average molecular weight is 512 g/mol. The largest absolute Gasteiger partial charge is 0.345 e. The summed E-state index contributed by atoms with van der Waals surface area (Å²) in [4.78, 5) is 12.7. The van der Waals surface area contributed by atoms with Crippen molar-refractivity contribution in [3.8, 4) is 55.5 Å². The molecule has 162 valence electrons. The molecular weight excluding hydrogens is 499 g/mol. The van der Waals surface area contributed by atoms with Gasteiger partial charge in [0, 0.05) is 55.8 Å². The van der Waals surface area contributed by atoms with Gasteiger partial charge in [-0.1, -0.05) is 36.6 Å². The van der Waals surface area contributed by atoms with Crippen molar-refractivity contribution in [3.63, 3.8) is 0 Å². The van der Waals surface area contributed by atoms with Crippen molar-refractivity contribution in [2.24, 2.45) is 0 Å². The summed E-state index contributed by atoms with van der Waals surface area (Å²) in [5.41, 5.74) is 5.61. The Hall–Kier alpha value is -3.73. The van der Waals surface area contributed by atoms with E-state index in [0.29, 0.717) is 20.4 Å². The molecule has 5 nitrogen and oxygen atoms in total. The number of hydrogen-bond acceptors (Lipinski definition) is 7. The molecule has 0 aliphatic heterocycles. The maximum atomic E-state index is 9.64. The smallest absolute Gasteiger partial charge is 0.122 e. The molecule has 0 radical (unpaired) electrons. The summed E-state index contributed by atoms with van der Waals surface area (Å²) < 4.78 is 0.762. The van der Waals surface area contributed by atoms with Crippen molar-refractivity contribution in [2.45, 2.75) is 0 Å². The molecule has 0 fully saturated rings. The van der Waals surface area contributed by atoms with Crippen LogP contribution in [0.25, 0.3) is 43.4 Å². The lowest BCUT2D eigenvalue weighted by molar-refractivity contribution is 1.23. The van der Waals surface area contributed by atoms with Crippen molar-refractivity contribution in [1.82, 2.24) is 15.0 Å². The van der Waals surface area contributed by atoms with Gasteiger partial charge in [-0.05, 0) is 41.1 Å². The second-order valence-corrected chi connectivity index (χ2v) is 9.95. The number of H-pyrrole nitrogens is 2. The second-order valence-electron chi connectivity index (χ2n) is 7.24. The van der Waals surface area contributed by atoms with E-state index in [2.05, 4.69) is 27.1 Å². The lowest BCUT2D eigenvalue weighted by Crippen LogP contribution is -1.95. The van der Waals surface area contributed by atoms with Gasteiger partial charge in [0.25, 0.3) is 0 Å². The van der Waals surface area contributed by atoms with Crippen LogP contribution in [-0.2, 0) is 0 Å². The van der Waals surface area contributed by atoms with Crippen LogP contribution >= 0.6 is 47.1 Å². The van der Waals surface area contributed by atoms with Gasteiger partial charge in [-0.2, -0.15) is 10.5 Å². The van der Waals surface area contributed by atoms with Crippen molar-refractivity contribution in [2.75, 3.05) is 0 Å². The first-order valence-electron chi connectivity index (χ1n) is 9.97. The highest BCUT2D eigenvalue weighted by molar-refractivity contribution is 7.71. The molecule has 5 aromatic heterocycles. The third kappa shape index (κ3) is 4.03. The van der Waals surface area contributed by atoms with Crippen molar-refractivity contribution < 1.29 is 0 Å². The molecule has 9 heteroatoms. The van der Waals surface area contributed by atoms with Crippen LogP contribution in [0.15, 0.2) is 65.6 Å². The summed E-state index contributed by atoms with van der Waals surface area (Å²) in [6.07, 6.45) is 3.49. The molecule has 0 amide bonds. The monoisotopic (exact) mass is 511 g/mol. The third-order valence-corrected chi connectivity index (χ3v) is 7.64. The molecule has 0 saturated carbocycles. The molecule has 5 heterocycles. The number of aromatic nitrogens is 3. The SMILES string of the molecule is N#Cc1c(-c2cccs2)cc(-c2cncc(-c3cc(-c4cccs4)c(C#N)c(=S)[nH]3)c2)[nH]c1=S. The zero-order valence-corrected chi connectivity index (χ0v) is 20.6.